The van der Waals surface area contributed by atoms with Crippen molar-refractivity contribution in [2.45, 2.75) is 33.1 Å². The van der Waals surface area contributed by atoms with Crippen molar-refractivity contribution >= 4 is 52.2 Å². The molecular weight excluding hydrogens is 388 g/mol. The molecule has 0 amide bonds. The van der Waals surface area contributed by atoms with Gasteiger partial charge in [0, 0.05) is 11.1 Å². The van der Waals surface area contributed by atoms with Crippen LogP contribution in [0.5, 0.6) is 0 Å². The molecule has 2 heterocycles. The third kappa shape index (κ3) is 4.03. The average Bonchev–Trinajstić information content (AvgIpc) is 3.10. The van der Waals surface area contributed by atoms with Gasteiger partial charge < -0.3 is 5.32 Å². The Morgan fingerprint density at radius 3 is 2.77 bits per heavy atom. The lowest BCUT2D eigenvalue weighted by Gasteiger charge is -2.15. The number of thiazole rings is 1. The molecule has 26 heavy (non-hydrogen) atoms. The SMILES string of the molecule is Cc1ccccc1Nc1nc(Cl)c(/C=N/n2c(C(C)(C)C)n[nH]c2=S)s1. The Hall–Kier alpha value is -2.03. The monoisotopic (exact) mass is 406 g/mol. The summed E-state index contributed by atoms with van der Waals surface area (Å²) in [6, 6.07) is 8.00. The largest absolute Gasteiger partial charge is 0.331 e. The van der Waals surface area contributed by atoms with E-state index in [0.29, 0.717) is 15.1 Å². The first kappa shape index (κ1) is 18.8. The Labute approximate surface area is 165 Å². The molecule has 0 saturated heterocycles. The highest BCUT2D eigenvalue weighted by molar-refractivity contribution is 7.71. The lowest BCUT2D eigenvalue weighted by Crippen LogP contribution is -2.17. The second kappa shape index (κ2) is 7.30. The molecule has 0 radical (unpaired) electrons. The van der Waals surface area contributed by atoms with Crippen molar-refractivity contribution in [1.82, 2.24) is 19.9 Å². The average molecular weight is 407 g/mol. The van der Waals surface area contributed by atoms with Crippen molar-refractivity contribution in [3.63, 3.8) is 0 Å². The van der Waals surface area contributed by atoms with Crippen LogP contribution in [0.1, 0.15) is 37.0 Å². The maximum atomic E-state index is 6.27. The molecule has 0 atom stereocenters. The van der Waals surface area contributed by atoms with E-state index in [4.69, 9.17) is 23.8 Å². The minimum Gasteiger partial charge on any atom is -0.331 e. The Bertz CT molecular complexity index is 1010. The van der Waals surface area contributed by atoms with Crippen LogP contribution >= 0.6 is 35.2 Å². The number of aromatic amines is 1. The Morgan fingerprint density at radius 2 is 2.08 bits per heavy atom. The molecule has 3 rings (SSSR count). The zero-order valence-corrected chi connectivity index (χ0v) is 17.3. The Balaban J connectivity index is 1.87. The van der Waals surface area contributed by atoms with E-state index in [2.05, 4.69) is 25.6 Å². The van der Waals surface area contributed by atoms with Gasteiger partial charge >= 0.3 is 0 Å². The molecule has 0 aliphatic carbocycles. The number of aromatic nitrogens is 4. The highest BCUT2D eigenvalue weighted by Gasteiger charge is 2.21. The van der Waals surface area contributed by atoms with Crippen LogP contribution in [-0.2, 0) is 5.41 Å². The van der Waals surface area contributed by atoms with Crippen LogP contribution in [0.2, 0.25) is 5.15 Å². The lowest BCUT2D eigenvalue weighted by molar-refractivity contribution is 0.516. The highest BCUT2D eigenvalue weighted by Crippen LogP contribution is 2.29. The summed E-state index contributed by atoms with van der Waals surface area (Å²) in [7, 11) is 0. The van der Waals surface area contributed by atoms with Crippen LogP contribution in [0.3, 0.4) is 0 Å². The first-order valence-electron chi connectivity index (χ1n) is 7.97. The van der Waals surface area contributed by atoms with E-state index in [1.54, 1.807) is 10.9 Å². The first-order chi connectivity index (χ1) is 12.3. The molecule has 9 heteroatoms. The van der Waals surface area contributed by atoms with Crippen LogP contribution in [0, 0.1) is 11.7 Å². The van der Waals surface area contributed by atoms with Crippen molar-refractivity contribution < 1.29 is 0 Å². The zero-order valence-electron chi connectivity index (χ0n) is 14.9. The van der Waals surface area contributed by atoms with E-state index in [1.165, 1.54) is 11.3 Å². The second-order valence-electron chi connectivity index (χ2n) is 6.77. The molecular formula is C17H19ClN6S2. The van der Waals surface area contributed by atoms with Crippen molar-refractivity contribution in [2.24, 2.45) is 5.10 Å². The zero-order chi connectivity index (χ0) is 18.9. The van der Waals surface area contributed by atoms with E-state index in [9.17, 15) is 0 Å². The number of hydrogen-bond acceptors (Lipinski definition) is 6. The highest BCUT2D eigenvalue weighted by atomic mass is 35.5. The van der Waals surface area contributed by atoms with Gasteiger partial charge in [-0.25, -0.2) is 4.98 Å². The molecule has 6 nitrogen and oxygen atoms in total. The van der Waals surface area contributed by atoms with Crippen LogP contribution in [0.15, 0.2) is 29.4 Å². The molecule has 2 aromatic heterocycles. The van der Waals surface area contributed by atoms with Gasteiger partial charge in [-0.2, -0.15) is 14.9 Å². The van der Waals surface area contributed by atoms with Gasteiger partial charge in [0.15, 0.2) is 16.1 Å². The molecule has 0 spiro atoms. The quantitative estimate of drug-likeness (QED) is 0.456. The number of para-hydroxylation sites is 1. The third-order valence-electron chi connectivity index (χ3n) is 3.61. The minimum atomic E-state index is -0.194. The molecule has 1 aromatic carbocycles. The number of aryl methyl sites for hydroxylation is 1. The normalized spacial score (nSPS) is 12.0. The van der Waals surface area contributed by atoms with Gasteiger partial charge in [0.2, 0.25) is 4.77 Å². The lowest BCUT2D eigenvalue weighted by atomic mass is 9.96. The van der Waals surface area contributed by atoms with Gasteiger partial charge in [0.25, 0.3) is 0 Å². The van der Waals surface area contributed by atoms with Gasteiger partial charge in [0.05, 0.1) is 11.1 Å². The van der Waals surface area contributed by atoms with Gasteiger partial charge in [0.1, 0.15) is 0 Å². The van der Waals surface area contributed by atoms with E-state index in [-0.39, 0.29) is 5.41 Å². The summed E-state index contributed by atoms with van der Waals surface area (Å²) < 4.78 is 2.05. The van der Waals surface area contributed by atoms with E-state index in [1.807, 2.05) is 52.0 Å². The number of hydrogen-bond donors (Lipinski definition) is 2. The molecule has 2 N–H and O–H groups in total. The van der Waals surface area contributed by atoms with E-state index < -0.39 is 0 Å². The molecule has 0 saturated carbocycles. The smallest absolute Gasteiger partial charge is 0.216 e. The van der Waals surface area contributed by atoms with Gasteiger partial charge in [-0.05, 0) is 30.8 Å². The van der Waals surface area contributed by atoms with E-state index in [0.717, 1.165) is 22.0 Å². The van der Waals surface area contributed by atoms with E-state index >= 15 is 0 Å². The van der Waals surface area contributed by atoms with Crippen LogP contribution in [-0.4, -0.2) is 26.1 Å². The third-order valence-corrected chi connectivity index (χ3v) is 5.18. The number of rotatable bonds is 4. The number of nitrogens with one attached hydrogen (secondary N) is 2. The summed E-state index contributed by atoms with van der Waals surface area (Å²) in [6.07, 6.45) is 1.66. The maximum Gasteiger partial charge on any atom is 0.216 e. The fourth-order valence-corrected chi connectivity index (χ4v) is 3.48. The van der Waals surface area contributed by atoms with Crippen LogP contribution in [0.4, 0.5) is 10.8 Å². The van der Waals surface area contributed by atoms with Crippen molar-refractivity contribution in [1.29, 1.82) is 0 Å². The fourth-order valence-electron chi connectivity index (χ4n) is 2.27. The first-order valence-corrected chi connectivity index (χ1v) is 9.57. The van der Waals surface area contributed by atoms with Crippen molar-refractivity contribution in [3.05, 3.63) is 50.5 Å². The number of halogens is 1. The number of anilines is 2. The molecule has 0 fully saturated rings. The van der Waals surface area contributed by atoms with Crippen LogP contribution in [0.25, 0.3) is 0 Å². The van der Waals surface area contributed by atoms with Crippen molar-refractivity contribution in [3.8, 4) is 0 Å². The molecule has 0 bridgehead atoms. The van der Waals surface area contributed by atoms with Crippen LogP contribution < -0.4 is 5.32 Å². The summed E-state index contributed by atoms with van der Waals surface area (Å²) in [5.41, 5.74) is 1.93. The molecule has 3 aromatic rings. The maximum absolute atomic E-state index is 6.27. The van der Waals surface area contributed by atoms with Gasteiger partial charge in [-0.3, -0.25) is 5.10 Å². The fraction of sp³-hybridized carbons (Fsp3) is 0.294. The van der Waals surface area contributed by atoms with Gasteiger partial charge in [-0.1, -0.05) is 61.9 Å². The summed E-state index contributed by atoms with van der Waals surface area (Å²) in [5, 5.41) is 15.9. The Kier molecular flexibility index (Phi) is 5.27. The number of nitrogens with zero attached hydrogens (tertiary/aromatic N) is 4. The van der Waals surface area contributed by atoms with Crippen molar-refractivity contribution in [2.75, 3.05) is 5.32 Å². The number of benzene rings is 1. The number of H-pyrrole nitrogens is 1. The minimum absolute atomic E-state index is 0.194. The molecule has 0 unspecified atom stereocenters. The van der Waals surface area contributed by atoms with Gasteiger partial charge in [-0.15, -0.1) is 0 Å². The summed E-state index contributed by atoms with van der Waals surface area (Å²) in [4.78, 5) is 5.10. The second-order valence-corrected chi connectivity index (χ2v) is 8.55. The topological polar surface area (TPSA) is 70.9 Å². The molecule has 136 valence electrons. The predicted octanol–water partition coefficient (Wildman–Crippen LogP) is 5.28. The molecule has 0 aliphatic heterocycles. The summed E-state index contributed by atoms with van der Waals surface area (Å²) in [6.45, 7) is 8.18. The predicted molar refractivity (Wildman–Crippen MR) is 111 cm³/mol. The summed E-state index contributed by atoms with van der Waals surface area (Å²) >= 11 is 13.0. The standard InChI is InChI=1S/C17H19ClN6S2/c1-10-7-5-6-8-11(10)20-15-21-13(18)12(26-15)9-19-24-14(17(2,3)4)22-23-16(24)25/h5-9H,1-4H3,(H,20,21)(H,23,25)/b19-9+. The summed E-state index contributed by atoms with van der Waals surface area (Å²) in [5.74, 6) is 0.748. The Morgan fingerprint density at radius 1 is 1.35 bits per heavy atom. The molecule has 0 aliphatic rings.